The molecule has 1 heterocycles. The maximum absolute atomic E-state index is 11.9. The molecule has 0 saturated carbocycles. The molecule has 0 radical (unpaired) electrons. The van der Waals surface area contributed by atoms with E-state index in [1.54, 1.807) is 0 Å². The Bertz CT molecular complexity index is 220. The maximum atomic E-state index is 11.9. The maximum Gasteiger partial charge on any atom is 0.323 e. The summed E-state index contributed by atoms with van der Waals surface area (Å²) in [5.74, 6) is 1.34. The zero-order chi connectivity index (χ0) is 12.1. The van der Waals surface area contributed by atoms with E-state index in [0.717, 1.165) is 25.9 Å². The molecule has 0 aliphatic carbocycles. The van der Waals surface area contributed by atoms with Crippen LogP contribution in [0.1, 0.15) is 40.5 Å². The van der Waals surface area contributed by atoms with Gasteiger partial charge in [0, 0.05) is 13.1 Å². The first-order valence-electron chi connectivity index (χ1n) is 6.50. The van der Waals surface area contributed by atoms with Crippen LogP contribution in [-0.4, -0.2) is 36.6 Å². The quantitative estimate of drug-likeness (QED) is 0.675. The highest BCUT2D eigenvalue weighted by atomic mass is 16.5. The molecule has 0 amide bonds. The van der Waals surface area contributed by atoms with Crippen molar-refractivity contribution in [2.24, 2.45) is 11.8 Å². The van der Waals surface area contributed by atoms with Crippen molar-refractivity contribution in [1.82, 2.24) is 4.90 Å². The second kappa shape index (κ2) is 6.24. The fourth-order valence-electron chi connectivity index (χ4n) is 2.39. The Morgan fingerprint density at radius 3 is 2.31 bits per heavy atom. The second-order valence-corrected chi connectivity index (χ2v) is 4.96. The van der Waals surface area contributed by atoms with Gasteiger partial charge in [-0.3, -0.25) is 9.69 Å². The van der Waals surface area contributed by atoms with E-state index in [4.69, 9.17) is 4.74 Å². The van der Waals surface area contributed by atoms with Crippen LogP contribution < -0.4 is 0 Å². The number of nitrogens with zero attached hydrogens (tertiary/aromatic N) is 1. The molecule has 3 atom stereocenters. The van der Waals surface area contributed by atoms with Gasteiger partial charge in [-0.05, 0) is 25.2 Å². The van der Waals surface area contributed by atoms with Crippen LogP contribution in [0.2, 0.25) is 0 Å². The van der Waals surface area contributed by atoms with E-state index >= 15 is 0 Å². The van der Waals surface area contributed by atoms with Crippen LogP contribution in [-0.2, 0) is 9.53 Å². The van der Waals surface area contributed by atoms with E-state index in [0.29, 0.717) is 18.4 Å². The number of esters is 1. The molecule has 0 N–H and O–H groups in total. The summed E-state index contributed by atoms with van der Waals surface area (Å²) in [6.45, 7) is 11.1. The molecule has 0 aromatic carbocycles. The van der Waals surface area contributed by atoms with E-state index in [2.05, 4.69) is 25.7 Å². The number of rotatable bonds is 5. The average molecular weight is 227 g/mol. The third kappa shape index (κ3) is 3.21. The van der Waals surface area contributed by atoms with Crippen LogP contribution in [0.4, 0.5) is 0 Å². The molecule has 16 heavy (non-hydrogen) atoms. The summed E-state index contributed by atoms with van der Waals surface area (Å²) in [6.07, 6.45) is 1.95. The third-order valence-corrected chi connectivity index (χ3v) is 3.58. The van der Waals surface area contributed by atoms with Crippen molar-refractivity contribution >= 4 is 5.97 Å². The molecular formula is C13H25NO2. The topological polar surface area (TPSA) is 29.5 Å². The second-order valence-electron chi connectivity index (χ2n) is 4.96. The number of ether oxygens (including phenoxy) is 1. The Kier molecular flexibility index (Phi) is 5.26. The van der Waals surface area contributed by atoms with Crippen LogP contribution in [0.5, 0.6) is 0 Å². The Morgan fingerprint density at radius 1 is 1.31 bits per heavy atom. The normalized spacial score (nSPS) is 28.0. The fraction of sp³-hybridized carbons (Fsp3) is 0.923. The monoisotopic (exact) mass is 227 g/mol. The minimum atomic E-state index is -0.0364. The van der Waals surface area contributed by atoms with Crippen LogP contribution in [0.25, 0.3) is 0 Å². The van der Waals surface area contributed by atoms with Gasteiger partial charge in [-0.25, -0.2) is 0 Å². The van der Waals surface area contributed by atoms with E-state index in [1.165, 1.54) is 0 Å². The lowest BCUT2D eigenvalue weighted by molar-refractivity contribution is -0.149. The summed E-state index contributed by atoms with van der Waals surface area (Å²) >= 11 is 0. The number of hydrogen-bond acceptors (Lipinski definition) is 3. The predicted octanol–water partition coefficient (Wildman–Crippen LogP) is 2.31. The summed E-state index contributed by atoms with van der Waals surface area (Å²) in [5, 5.41) is 0. The lowest BCUT2D eigenvalue weighted by Gasteiger charge is -2.25. The van der Waals surface area contributed by atoms with E-state index in [1.807, 2.05) is 6.92 Å². The molecule has 3 unspecified atom stereocenters. The first-order valence-corrected chi connectivity index (χ1v) is 6.50. The van der Waals surface area contributed by atoms with Crippen molar-refractivity contribution in [2.45, 2.75) is 46.6 Å². The Morgan fingerprint density at radius 2 is 1.88 bits per heavy atom. The molecule has 3 heteroatoms. The summed E-state index contributed by atoms with van der Waals surface area (Å²) in [4.78, 5) is 14.2. The summed E-state index contributed by atoms with van der Waals surface area (Å²) in [5.41, 5.74) is 0. The number of carbonyl (C=O) groups excluding carboxylic acids is 1. The highest BCUT2D eigenvalue weighted by molar-refractivity contribution is 5.75. The third-order valence-electron chi connectivity index (χ3n) is 3.58. The Hall–Kier alpha value is -0.570. The summed E-state index contributed by atoms with van der Waals surface area (Å²) in [7, 11) is 0. The average Bonchev–Trinajstić information content (AvgIpc) is 2.55. The van der Waals surface area contributed by atoms with Crippen molar-refractivity contribution in [3.63, 3.8) is 0 Å². The van der Waals surface area contributed by atoms with Crippen molar-refractivity contribution in [1.29, 1.82) is 0 Å². The molecule has 1 saturated heterocycles. The molecular weight excluding hydrogens is 202 g/mol. The van der Waals surface area contributed by atoms with Gasteiger partial charge in [0.05, 0.1) is 6.61 Å². The molecule has 1 rings (SSSR count). The van der Waals surface area contributed by atoms with Gasteiger partial charge in [-0.15, -0.1) is 0 Å². The highest BCUT2D eigenvalue weighted by Crippen LogP contribution is 2.25. The Labute approximate surface area is 99.1 Å². The SMILES string of the molecule is CCCC(C(=O)OCC)N1CC(C)C(C)C1. The van der Waals surface area contributed by atoms with Gasteiger partial charge in [-0.2, -0.15) is 0 Å². The van der Waals surface area contributed by atoms with Gasteiger partial charge in [0.15, 0.2) is 0 Å². The minimum Gasteiger partial charge on any atom is -0.465 e. The van der Waals surface area contributed by atoms with Gasteiger partial charge in [-0.1, -0.05) is 27.2 Å². The van der Waals surface area contributed by atoms with E-state index in [9.17, 15) is 4.79 Å². The van der Waals surface area contributed by atoms with Crippen molar-refractivity contribution in [3.8, 4) is 0 Å². The molecule has 1 fully saturated rings. The van der Waals surface area contributed by atoms with Crippen molar-refractivity contribution in [2.75, 3.05) is 19.7 Å². The zero-order valence-corrected chi connectivity index (χ0v) is 11.0. The zero-order valence-electron chi connectivity index (χ0n) is 11.0. The molecule has 0 aromatic rings. The molecule has 0 aromatic heterocycles. The molecule has 1 aliphatic rings. The number of likely N-dealkylation sites (tertiary alicyclic amines) is 1. The summed E-state index contributed by atoms with van der Waals surface area (Å²) in [6, 6.07) is -0.0163. The lowest BCUT2D eigenvalue weighted by Crippen LogP contribution is -2.41. The lowest BCUT2D eigenvalue weighted by atomic mass is 10.0. The van der Waals surface area contributed by atoms with E-state index < -0.39 is 0 Å². The van der Waals surface area contributed by atoms with Crippen LogP contribution >= 0.6 is 0 Å². The molecule has 3 nitrogen and oxygen atoms in total. The molecule has 94 valence electrons. The van der Waals surface area contributed by atoms with Gasteiger partial charge in [0.2, 0.25) is 0 Å². The van der Waals surface area contributed by atoms with Gasteiger partial charge in [0.25, 0.3) is 0 Å². The van der Waals surface area contributed by atoms with Crippen molar-refractivity contribution in [3.05, 3.63) is 0 Å². The number of hydrogen-bond donors (Lipinski definition) is 0. The first kappa shape index (κ1) is 13.5. The van der Waals surface area contributed by atoms with Crippen LogP contribution in [0.15, 0.2) is 0 Å². The van der Waals surface area contributed by atoms with Gasteiger partial charge < -0.3 is 4.74 Å². The van der Waals surface area contributed by atoms with Gasteiger partial charge >= 0.3 is 5.97 Å². The minimum absolute atomic E-state index is 0.0163. The molecule has 1 aliphatic heterocycles. The summed E-state index contributed by atoms with van der Waals surface area (Å²) < 4.78 is 5.16. The van der Waals surface area contributed by atoms with Crippen LogP contribution in [0.3, 0.4) is 0 Å². The Balaban J connectivity index is 2.60. The first-order chi connectivity index (χ1) is 7.60. The fourth-order valence-corrected chi connectivity index (χ4v) is 2.39. The van der Waals surface area contributed by atoms with E-state index in [-0.39, 0.29) is 12.0 Å². The van der Waals surface area contributed by atoms with Crippen LogP contribution in [0, 0.1) is 11.8 Å². The standard InChI is InChI=1S/C13H25NO2/c1-5-7-12(13(15)16-6-2)14-8-10(3)11(4)9-14/h10-12H,5-9H2,1-4H3. The smallest absolute Gasteiger partial charge is 0.323 e. The van der Waals surface area contributed by atoms with Crippen molar-refractivity contribution < 1.29 is 9.53 Å². The highest BCUT2D eigenvalue weighted by Gasteiger charge is 2.34. The van der Waals surface area contributed by atoms with Gasteiger partial charge in [0.1, 0.15) is 6.04 Å². The molecule has 0 spiro atoms. The predicted molar refractivity (Wildman–Crippen MR) is 65.2 cm³/mol. The molecule has 0 bridgehead atoms. The number of carbonyl (C=O) groups is 1. The largest absolute Gasteiger partial charge is 0.465 e.